The number of nitrogens with zero attached hydrogens (tertiary/aromatic N) is 1. The largest absolute Gasteiger partial charge is 0.378 e. The molecule has 0 aliphatic carbocycles. The lowest BCUT2D eigenvalue weighted by Gasteiger charge is -2.40. The predicted molar refractivity (Wildman–Crippen MR) is 69.8 cm³/mol. The average Bonchev–Trinajstić information content (AvgIpc) is 2.18. The lowest BCUT2D eigenvalue weighted by atomic mass is 10.1. The molecule has 0 radical (unpaired) electrons. The zero-order valence-corrected chi connectivity index (χ0v) is 11.7. The molecule has 1 aromatic carbocycles. The molecule has 1 saturated heterocycles. The van der Waals surface area contributed by atoms with Crippen molar-refractivity contribution in [3.63, 3.8) is 0 Å². The van der Waals surface area contributed by atoms with Crippen molar-refractivity contribution in [3.05, 3.63) is 28.2 Å². The number of methoxy groups -OCH3 is 1. The van der Waals surface area contributed by atoms with Crippen LogP contribution < -0.4 is 4.90 Å². The molecule has 4 heteroatoms. The topological polar surface area (TPSA) is 12.5 Å². The minimum Gasteiger partial charge on any atom is -0.378 e. The molecule has 1 fully saturated rings. The second-order valence-corrected chi connectivity index (χ2v) is 5.15. The quantitative estimate of drug-likeness (QED) is 0.787. The highest BCUT2D eigenvalue weighted by Gasteiger charge is 2.27. The van der Waals surface area contributed by atoms with E-state index >= 15 is 0 Å². The number of halogens is 2. The van der Waals surface area contributed by atoms with Crippen molar-refractivity contribution in [2.24, 2.45) is 0 Å². The van der Waals surface area contributed by atoms with Crippen LogP contribution in [0.2, 0.25) is 0 Å². The van der Waals surface area contributed by atoms with Gasteiger partial charge in [0.25, 0.3) is 0 Å². The Labute approximate surface area is 107 Å². The Balaban J connectivity index is 2.15. The Morgan fingerprint density at radius 1 is 1.47 bits per heavy atom. The van der Waals surface area contributed by atoms with Gasteiger partial charge in [-0.05, 0) is 23.8 Å². The van der Waals surface area contributed by atoms with E-state index in [0.717, 1.165) is 22.9 Å². The molecule has 0 atom stereocenters. The molecule has 1 aliphatic heterocycles. The van der Waals surface area contributed by atoms with Gasteiger partial charge in [0.2, 0.25) is 0 Å². The summed E-state index contributed by atoms with van der Waals surface area (Å²) >= 11 is 7.01. The summed E-state index contributed by atoms with van der Waals surface area (Å²) < 4.78 is 6.40. The summed E-state index contributed by atoms with van der Waals surface area (Å²) in [5.41, 5.74) is 2.63. The first-order valence-electron chi connectivity index (χ1n) is 4.86. The van der Waals surface area contributed by atoms with Gasteiger partial charge in [-0.15, -0.1) is 0 Å². The molecule has 1 heterocycles. The van der Waals surface area contributed by atoms with Crippen LogP contribution in [-0.4, -0.2) is 26.3 Å². The van der Waals surface area contributed by atoms with Gasteiger partial charge in [0.1, 0.15) is 0 Å². The fraction of sp³-hybridized carbons (Fsp3) is 0.455. The average molecular weight is 335 g/mol. The van der Waals surface area contributed by atoms with Gasteiger partial charge in [0.05, 0.1) is 6.10 Å². The Bertz CT molecular complexity index is 350. The first-order valence-corrected chi connectivity index (χ1v) is 6.78. The van der Waals surface area contributed by atoms with Crippen molar-refractivity contribution in [2.45, 2.75) is 11.4 Å². The lowest BCUT2D eigenvalue weighted by Crippen LogP contribution is -2.52. The number of benzene rings is 1. The molecule has 0 aromatic heterocycles. The number of hydrogen-bond acceptors (Lipinski definition) is 2. The third-order valence-electron chi connectivity index (χ3n) is 2.71. The van der Waals surface area contributed by atoms with Crippen LogP contribution in [0.3, 0.4) is 0 Å². The standard InChI is InChI=1S/C11H13Br2NO/c1-15-10-6-14(7-10)11-3-2-9(13)4-8(11)5-12/h2-4,10H,5-7H2,1H3. The molecule has 0 bridgehead atoms. The van der Waals surface area contributed by atoms with Gasteiger partial charge in [-0.1, -0.05) is 31.9 Å². The Morgan fingerprint density at radius 3 is 2.80 bits per heavy atom. The van der Waals surface area contributed by atoms with Crippen molar-refractivity contribution in [3.8, 4) is 0 Å². The fourth-order valence-corrected chi connectivity index (χ4v) is 2.61. The van der Waals surface area contributed by atoms with Gasteiger partial charge >= 0.3 is 0 Å². The minimum atomic E-state index is 0.400. The van der Waals surface area contributed by atoms with Crippen LogP contribution in [0, 0.1) is 0 Å². The predicted octanol–water partition coefficient (Wildman–Crippen LogP) is 3.18. The van der Waals surface area contributed by atoms with Gasteiger partial charge in [-0.2, -0.15) is 0 Å². The van der Waals surface area contributed by atoms with Crippen LogP contribution in [0.15, 0.2) is 22.7 Å². The molecule has 1 aromatic rings. The first-order chi connectivity index (χ1) is 7.24. The number of anilines is 1. The van der Waals surface area contributed by atoms with E-state index < -0.39 is 0 Å². The molecule has 0 N–H and O–H groups in total. The first kappa shape index (κ1) is 11.4. The summed E-state index contributed by atoms with van der Waals surface area (Å²) in [4.78, 5) is 2.34. The van der Waals surface area contributed by atoms with Crippen molar-refractivity contribution >= 4 is 37.5 Å². The van der Waals surface area contributed by atoms with Crippen LogP contribution in [0.5, 0.6) is 0 Å². The minimum absolute atomic E-state index is 0.400. The van der Waals surface area contributed by atoms with E-state index in [1.807, 2.05) is 0 Å². The highest BCUT2D eigenvalue weighted by Crippen LogP contribution is 2.30. The van der Waals surface area contributed by atoms with E-state index in [1.165, 1.54) is 11.3 Å². The molecule has 15 heavy (non-hydrogen) atoms. The third kappa shape index (κ3) is 2.37. The van der Waals surface area contributed by atoms with Crippen LogP contribution in [0.25, 0.3) is 0 Å². The molecule has 0 saturated carbocycles. The Kier molecular flexibility index (Phi) is 3.69. The maximum Gasteiger partial charge on any atom is 0.0920 e. The molecular formula is C11H13Br2NO. The van der Waals surface area contributed by atoms with Gasteiger partial charge in [0, 0.05) is 35.7 Å². The van der Waals surface area contributed by atoms with Crippen molar-refractivity contribution in [1.82, 2.24) is 0 Å². The van der Waals surface area contributed by atoms with Crippen LogP contribution in [0.4, 0.5) is 5.69 Å². The summed E-state index contributed by atoms with van der Waals surface area (Å²) in [5, 5.41) is 0.885. The molecule has 0 amide bonds. The molecule has 0 unspecified atom stereocenters. The molecule has 82 valence electrons. The van der Waals surface area contributed by atoms with E-state index in [-0.39, 0.29) is 0 Å². The van der Waals surface area contributed by atoms with Crippen molar-refractivity contribution in [1.29, 1.82) is 0 Å². The summed E-state index contributed by atoms with van der Waals surface area (Å²) in [6.45, 7) is 2.00. The molecule has 0 spiro atoms. The van der Waals surface area contributed by atoms with E-state index in [1.54, 1.807) is 7.11 Å². The van der Waals surface area contributed by atoms with E-state index in [2.05, 4.69) is 55.0 Å². The maximum atomic E-state index is 5.27. The van der Waals surface area contributed by atoms with Gasteiger partial charge in [-0.3, -0.25) is 0 Å². The van der Waals surface area contributed by atoms with Gasteiger partial charge < -0.3 is 9.64 Å². The fourth-order valence-electron chi connectivity index (χ4n) is 1.75. The summed E-state index contributed by atoms with van der Waals surface area (Å²) in [5.74, 6) is 0. The SMILES string of the molecule is COC1CN(c2ccc(Br)cc2CBr)C1. The van der Waals surface area contributed by atoms with Gasteiger partial charge in [-0.25, -0.2) is 0 Å². The summed E-state index contributed by atoms with van der Waals surface area (Å²) in [6.07, 6.45) is 0.400. The van der Waals surface area contributed by atoms with Gasteiger partial charge in [0.15, 0.2) is 0 Å². The van der Waals surface area contributed by atoms with Crippen molar-refractivity contribution < 1.29 is 4.74 Å². The third-order valence-corrected chi connectivity index (χ3v) is 3.80. The maximum absolute atomic E-state index is 5.27. The number of hydrogen-bond donors (Lipinski definition) is 0. The highest BCUT2D eigenvalue weighted by molar-refractivity contribution is 9.10. The monoisotopic (exact) mass is 333 g/mol. The van der Waals surface area contributed by atoms with E-state index in [4.69, 9.17) is 4.74 Å². The number of rotatable bonds is 3. The molecule has 1 aliphatic rings. The number of ether oxygens (including phenoxy) is 1. The Morgan fingerprint density at radius 2 is 2.20 bits per heavy atom. The zero-order valence-electron chi connectivity index (χ0n) is 8.54. The smallest absolute Gasteiger partial charge is 0.0920 e. The van der Waals surface area contributed by atoms with Crippen LogP contribution in [0.1, 0.15) is 5.56 Å². The normalized spacial score (nSPS) is 16.6. The number of alkyl halides is 1. The second kappa shape index (κ2) is 4.85. The second-order valence-electron chi connectivity index (χ2n) is 3.67. The lowest BCUT2D eigenvalue weighted by molar-refractivity contribution is 0.0787. The molecule has 2 rings (SSSR count). The van der Waals surface area contributed by atoms with Crippen LogP contribution >= 0.6 is 31.9 Å². The molecular weight excluding hydrogens is 322 g/mol. The summed E-state index contributed by atoms with van der Waals surface area (Å²) in [6, 6.07) is 6.40. The van der Waals surface area contributed by atoms with E-state index in [9.17, 15) is 0 Å². The Hall–Kier alpha value is -0.0600. The van der Waals surface area contributed by atoms with Crippen LogP contribution in [-0.2, 0) is 10.1 Å². The van der Waals surface area contributed by atoms with E-state index in [0.29, 0.717) is 6.10 Å². The summed E-state index contributed by atoms with van der Waals surface area (Å²) in [7, 11) is 1.77. The highest BCUT2D eigenvalue weighted by atomic mass is 79.9. The zero-order chi connectivity index (χ0) is 10.8. The van der Waals surface area contributed by atoms with Crippen molar-refractivity contribution in [2.75, 3.05) is 25.1 Å². The molecule has 2 nitrogen and oxygen atoms in total.